The molecule has 2 N–H and O–H groups in total. The molecule has 17 heavy (non-hydrogen) atoms. The minimum atomic E-state index is -0.626. The molecule has 88 valence electrons. The Morgan fingerprint density at radius 3 is 2.94 bits per heavy atom. The van der Waals surface area contributed by atoms with E-state index in [-0.39, 0.29) is 18.9 Å². The first-order chi connectivity index (χ1) is 8.16. The molecule has 0 radical (unpaired) electrons. The molecule has 2 heterocycles. The van der Waals surface area contributed by atoms with Gasteiger partial charge in [0.2, 0.25) is 5.91 Å². The van der Waals surface area contributed by atoms with Crippen LogP contribution in [0.3, 0.4) is 0 Å². The molecular weight excluding hydrogens is 224 g/mol. The molecule has 7 heteroatoms. The van der Waals surface area contributed by atoms with Gasteiger partial charge >= 0.3 is 6.03 Å². The van der Waals surface area contributed by atoms with E-state index in [1.165, 1.54) is 6.20 Å². The van der Waals surface area contributed by atoms with Crippen molar-refractivity contribution in [2.45, 2.75) is 6.42 Å². The average molecular weight is 234 g/mol. The molecule has 0 aromatic carbocycles. The Kier molecular flexibility index (Phi) is 2.99. The summed E-state index contributed by atoms with van der Waals surface area (Å²) in [6, 6.07) is 2.57. The number of nitrogens with one attached hydrogen (secondary N) is 2. The van der Waals surface area contributed by atoms with Crippen molar-refractivity contribution in [1.82, 2.24) is 20.7 Å². The molecule has 1 aliphatic heterocycles. The zero-order valence-electron chi connectivity index (χ0n) is 8.84. The van der Waals surface area contributed by atoms with Crippen LogP contribution in [0.25, 0.3) is 0 Å². The molecule has 1 aromatic heterocycles. The first-order valence-corrected chi connectivity index (χ1v) is 4.99. The summed E-state index contributed by atoms with van der Waals surface area (Å²) in [5.74, 6) is -0.788. The molecule has 1 aromatic rings. The Bertz CT molecular complexity index is 460. The first kappa shape index (κ1) is 11.1. The van der Waals surface area contributed by atoms with Crippen LogP contribution in [0.5, 0.6) is 0 Å². The minimum absolute atomic E-state index is 0.163. The fourth-order valence-corrected chi connectivity index (χ4v) is 1.36. The van der Waals surface area contributed by atoms with Crippen LogP contribution in [0.1, 0.15) is 16.8 Å². The maximum absolute atomic E-state index is 11.7. The maximum atomic E-state index is 11.7. The summed E-state index contributed by atoms with van der Waals surface area (Å²) in [6.45, 7) is 0.163. The van der Waals surface area contributed by atoms with E-state index in [2.05, 4.69) is 15.7 Å². The summed E-state index contributed by atoms with van der Waals surface area (Å²) in [5.41, 5.74) is 2.74. The molecular formula is C10H10N4O3. The summed E-state index contributed by atoms with van der Waals surface area (Å²) in [5, 5.41) is 3.17. The van der Waals surface area contributed by atoms with Gasteiger partial charge in [0.1, 0.15) is 0 Å². The van der Waals surface area contributed by atoms with Crippen molar-refractivity contribution < 1.29 is 14.4 Å². The van der Waals surface area contributed by atoms with E-state index in [4.69, 9.17) is 0 Å². The predicted molar refractivity (Wildman–Crippen MR) is 56.6 cm³/mol. The van der Waals surface area contributed by atoms with Crippen molar-refractivity contribution in [3.63, 3.8) is 0 Å². The van der Waals surface area contributed by atoms with Crippen LogP contribution < -0.4 is 10.7 Å². The van der Waals surface area contributed by atoms with Gasteiger partial charge in [-0.15, -0.1) is 0 Å². The SMILES string of the molecule is O=C1CCN(NC(=O)c2cccnc2)C(=O)N1. The van der Waals surface area contributed by atoms with Crippen LogP contribution in [-0.2, 0) is 4.79 Å². The number of hydrazine groups is 1. The molecule has 0 atom stereocenters. The van der Waals surface area contributed by atoms with Gasteiger partial charge < -0.3 is 0 Å². The molecule has 1 fully saturated rings. The van der Waals surface area contributed by atoms with Gasteiger partial charge in [-0.05, 0) is 12.1 Å². The monoisotopic (exact) mass is 234 g/mol. The molecule has 2 rings (SSSR count). The van der Waals surface area contributed by atoms with Gasteiger partial charge in [-0.1, -0.05) is 0 Å². The van der Waals surface area contributed by atoms with Crippen LogP contribution in [0, 0.1) is 0 Å². The minimum Gasteiger partial charge on any atom is -0.276 e. The Hall–Kier alpha value is -2.44. The van der Waals surface area contributed by atoms with E-state index >= 15 is 0 Å². The van der Waals surface area contributed by atoms with Crippen LogP contribution in [0.15, 0.2) is 24.5 Å². The Labute approximate surface area is 96.8 Å². The van der Waals surface area contributed by atoms with E-state index in [0.29, 0.717) is 5.56 Å². The highest BCUT2D eigenvalue weighted by Crippen LogP contribution is 2.00. The third-order valence-electron chi connectivity index (χ3n) is 2.21. The van der Waals surface area contributed by atoms with Gasteiger partial charge in [0.05, 0.1) is 12.1 Å². The lowest BCUT2D eigenvalue weighted by Crippen LogP contribution is -2.56. The number of nitrogens with zero attached hydrogens (tertiary/aromatic N) is 2. The third kappa shape index (κ3) is 2.57. The van der Waals surface area contributed by atoms with Crippen LogP contribution in [0.2, 0.25) is 0 Å². The first-order valence-electron chi connectivity index (χ1n) is 4.99. The number of amides is 4. The van der Waals surface area contributed by atoms with Gasteiger partial charge in [-0.3, -0.25) is 25.3 Å². The highest BCUT2D eigenvalue weighted by molar-refractivity contribution is 5.99. The van der Waals surface area contributed by atoms with Gasteiger partial charge in [-0.2, -0.15) is 0 Å². The molecule has 4 amide bonds. The van der Waals surface area contributed by atoms with Crippen LogP contribution in [0.4, 0.5) is 4.79 Å². The molecule has 7 nitrogen and oxygen atoms in total. The maximum Gasteiger partial charge on any atom is 0.342 e. The molecule has 1 aliphatic rings. The van der Waals surface area contributed by atoms with Gasteiger partial charge in [0, 0.05) is 18.8 Å². The van der Waals surface area contributed by atoms with Crippen molar-refractivity contribution in [2.75, 3.05) is 6.54 Å². The highest BCUT2D eigenvalue weighted by Gasteiger charge is 2.24. The zero-order valence-corrected chi connectivity index (χ0v) is 8.84. The topological polar surface area (TPSA) is 91.4 Å². The van der Waals surface area contributed by atoms with Crippen molar-refractivity contribution in [3.05, 3.63) is 30.1 Å². The zero-order chi connectivity index (χ0) is 12.3. The highest BCUT2D eigenvalue weighted by atomic mass is 16.2. The lowest BCUT2D eigenvalue weighted by Gasteiger charge is -2.26. The van der Waals surface area contributed by atoms with Crippen LogP contribution in [-0.4, -0.2) is 34.4 Å². The number of urea groups is 1. The average Bonchev–Trinajstić information content (AvgIpc) is 2.34. The number of carbonyl (C=O) groups is 3. The van der Waals surface area contributed by atoms with Gasteiger partial charge in [0.25, 0.3) is 5.91 Å². The lowest BCUT2D eigenvalue weighted by atomic mass is 10.3. The summed E-state index contributed by atoms with van der Waals surface area (Å²) >= 11 is 0. The summed E-state index contributed by atoms with van der Waals surface area (Å²) < 4.78 is 0. The Morgan fingerprint density at radius 2 is 2.29 bits per heavy atom. The Balaban J connectivity index is 2.00. The van der Waals surface area contributed by atoms with E-state index in [1.54, 1.807) is 18.3 Å². The second kappa shape index (κ2) is 4.60. The molecule has 0 bridgehead atoms. The normalized spacial score (nSPS) is 15.4. The standard InChI is InChI=1S/C10H10N4O3/c15-8-3-5-14(10(17)12-8)13-9(16)7-2-1-4-11-6-7/h1-2,4,6H,3,5H2,(H,13,16)(H,12,15,17). The summed E-state index contributed by atoms with van der Waals surface area (Å²) in [4.78, 5) is 37.7. The number of aromatic nitrogens is 1. The molecule has 0 unspecified atom stereocenters. The second-order valence-electron chi connectivity index (χ2n) is 3.44. The predicted octanol–water partition coefficient (Wildman–Crippen LogP) is -0.332. The fraction of sp³-hybridized carbons (Fsp3) is 0.200. The van der Waals surface area contributed by atoms with Crippen molar-refractivity contribution >= 4 is 17.8 Å². The van der Waals surface area contributed by atoms with Crippen molar-refractivity contribution in [3.8, 4) is 0 Å². The molecule has 0 spiro atoms. The number of hydrogen-bond acceptors (Lipinski definition) is 4. The fourth-order valence-electron chi connectivity index (χ4n) is 1.36. The number of rotatable bonds is 2. The van der Waals surface area contributed by atoms with Gasteiger partial charge in [0.15, 0.2) is 0 Å². The van der Waals surface area contributed by atoms with Crippen LogP contribution >= 0.6 is 0 Å². The molecule has 1 saturated heterocycles. The van der Waals surface area contributed by atoms with E-state index in [1.807, 2.05) is 0 Å². The third-order valence-corrected chi connectivity index (χ3v) is 2.21. The largest absolute Gasteiger partial charge is 0.342 e. The lowest BCUT2D eigenvalue weighted by molar-refractivity contribution is -0.121. The van der Waals surface area contributed by atoms with Crippen molar-refractivity contribution in [1.29, 1.82) is 0 Å². The number of imide groups is 1. The van der Waals surface area contributed by atoms with Crippen molar-refractivity contribution in [2.24, 2.45) is 0 Å². The summed E-state index contributed by atoms with van der Waals surface area (Å²) in [6.07, 6.45) is 3.10. The Morgan fingerprint density at radius 1 is 1.47 bits per heavy atom. The summed E-state index contributed by atoms with van der Waals surface area (Å²) in [7, 11) is 0. The number of carbonyl (C=O) groups excluding carboxylic acids is 3. The smallest absolute Gasteiger partial charge is 0.276 e. The van der Waals surface area contributed by atoms with E-state index < -0.39 is 11.9 Å². The number of pyridine rings is 1. The van der Waals surface area contributed by atoms with E-state index in [9.17, 15) is 14.4 Å². The molecule has 0 saturated carbocycles. The van der Waals surface area contributed by atoms with E-state index in [0.717, 1.165) is 5.01 Å². The number of hydrogen-bond donors (Lipinski definition) is 2. The van der Waals surface area contributed by atoms with Gasteiger partial charge in [-0.25, -0.2) is 9.80 Å². The second-order valence-corrected chi connectivity index (χ2v) is 3.44. The molecule has 0 aliphatic carbocycles. The quantitative estimate of drug-likeness (QED) is 0.732.